The monoisotopic (exact) mass is 306 g/mol. The molecule has 3 heterocycles. The molecular formula is C19H22N4. The molecule has 0 amide bonds. The smallest absolute Gasteiger partial charge is 0.136 e. The zero-order valence-corrected chi connectivity index (χ0v) is 13.2. The number of piperidine rings is 1. The molecule has 23 heavy (non-hydrogen) atoms. The van der Waals surface area contributed by atoms with Crippen molar-refractivity contribution in [3.05, 3.63) is 60.6 Å². The average Bonchev–Trinajstić information content (AvgIpc) is 3.05. The minimum atomic E-state index is 0.395. The van der Waals surface area contributed by atoms with Crippen molar-refractivity contribution in [3.8, 4) is 11.1 Å². The van der Waals surface area contributed by atoms with Gasteiger partial charge in [-0.1, -0.05) is 24.3 Å². The Labute approximate surface area is 136 Å². The fourth-order valence-electron chi connectivity index (χ4n) is 3.26. The summed E-state index contributed by atoms with van der Waals surface area (Å²) in [6.45, 7) is 3.24. The van der Waals surface area contributed by atoms with Crippen LogP contribution < -0.4 is 5.73 Å². The number of likely N-dealkylation sites (tertiary alicyclic amines) is 1. The van der Waals surface area contributed by atoms with Crippen LogP contribution in [-0.2, 0) is 6.54 Å². The lowest BCUT2D eigenvalue weighted by Crippen LogP contribution is -2.39. The third kappa shape index (κ3) is 3.14. The van der Waals surface area contributed by atoms with Crippen LogP contribution in [0.2, 0.25) is 0 Å². The molecule has 1 fully saturated rings. The second-order valence-electron chi connectivity index (χ2n) is 6.42. The molecule has 4 nitrogen and oxygen atoms in total. The van der Waals surface area contributed by atoms with Crippen LogP contribution in [0.3, 0.4) is 0 Å². The van der Waals surface area contributed by atoms with E-state index in [4.69, 9.17) is 5.73 Å². The molecule has 2 aromatic heterocycles. The summed E-state index contributed by atoms with van der Waals surface area (Å²) < 4.78 is 2.06. The lowest BCUT2D eigenvalue weighted by atomic mass is 10.0. The summed E-state index contributed by atoms with van der Waals surface area (Å²) >= 11 is 0. The van der Waals surface area contributed by atoms with Crippen LogP contribution in [0.1, 0.15) is 18.4 Å². The molecule has 0 saturated carbocycles. The fourth-order valence-corrected chi connectivity index (χ4v) is 3.26. The highest BCUT2D eigenvalue weighted by Gasteiger charge is 2.15. The highest BCUT2D eigenvalue weighted by atomic mass is 15.1. The Bertz CT molecular complexity index is 782. The number of rotatable bonds is 3. The molecule has 4 rings (SSSR count). The zero-order valence-electron chi connectivity index (χ0n) is 13.2. The summed E-state index contributed by atoms with van der Waals surface area (Å²) in [5, 5.41) is 0. The number of fused-ring (bicyclic) bond motifs is 1. The number of hydrogen-bond donors (Lipinski definition) is 1. The molecule has 1 aromatic carbocycles. The molecule has 0 aliphatic carbocycles. The number of aromatic nitrogens is 2. The first-order valence-corrected chi connectivity index (χ1v) is 8.28. The highest BCUT2D eigenvalue weighted by molar-refractivity contribution is 5.64. The van der Waals surface area contributed by atoms with E-state index in [9.17, 15) is 0 Å². The van der Waals surface area contributed by atoms with Crippen LogP contribution in [-0.4, -0.2) is 33.4 Å². The molecular weight excluding hydrogens is 284 g/mol. The lowest BCUT2D eigenvalue weighted by molar-refractivity contribution is 0.205. The zero-order chi connectivity index (χ0) is 15.6. The van der Waals surface area contributed by atoms with E-state index in [2.05, 4.69) is 56.9 Å². The summed E-state index contributed by atoms with van der Waals surface area (Å²) in [6.07, 6.45) is 8.16. The van der Waals surface area contributed by atoms with E-state index >= 15 is 0 Å². The molecule has 118 valence electrons. The molecule has 1 aliphatic rings. The van der Waals surface area contributed by atoms with E-state index in [-0.39, 0.29) is 0 Å². The van der Waals surface area contributed by atoms with Crippen LogP contribution in [0.15, 0.2) is 55.0 Å². The highest BCUT2D eigenvalue weighted by Crippen LogP contribution is 2.21. The molecule has 0 unspecified atom stereocenters. The molecule has 0 spiro atoms. The lowest BCUT2D eigenvalue weighted by Gasteiger charge is -2.30. The van der Waals surface area contributed by atoms with Crippen molar-refractivity contribution in [2.45, 2.75) is 25.4 Å². The third-order valence-electron chi connectivity index (χ3n) is 4.71. The Kier molecular flexibility index (Phi) is 3.85. The number of hydrogen-bond acceptors (Lipinski definition) is 3. The summed E-state index contributed by atoms with van der Waals surface area (Å²) in [5.74, 6) is 0. The molecule has 1 saturated heterocycles. The second-order valence-corrected chi connectivity index (χ2v) is 6.42. The molecule has 3 aromatic rings. The van der Waals surface area contributed by atoms with E-state index in [0.717, 1.165) is 38.1 Å². The fraction of sp³-hybridized carbons (Fsp3) is 0.316. The SMILES string of the molecule is NC1CCN(Cc2ccc(-c3ccc4nccn4c3)cc2)CC1. The summed E-state index contributed by atoms with van der Waals surface area (Å²) in [5.41, 5.74) is 10.8. The quantitative estimate of drug-likeness (QED) is 0.809. The van der Waals surface area contributed by atoms with Crippen LogP contribution >= 0.6 is 0 Å². The topological polar surface area (TPSA) is 46.6 Å². The normalized spacial score (nSPS) is 16.9. The predicted molar refractivity (Wildman–Crippen MR) is 93.1 cm³/mol. The van der Waals surface area contributed by atoms with Crippen molar-refractivity contribution in [1.29, 1.82) is 0 Å². The molecule has 0 radical (unpaired) electrons. The Morgan fingerprint density at radius 3 is 2.52 bits per heavy atom. The summed E-state index contributed by atoms with van der Waals surface area (Å²) in [6, 6.07) is 13.5. The average molecular weight is 306 g/mol. The van der Waals surface area contributed by atoms with E-state index < -0.39 is 0 Å². The van der Waals surface area contributed by atoms with Crippen molar-refractivity contribution < 1.29 is 0 Å². The Hall–Kier alpha value is -2.17. The van der Waals surface area contributed by atoms with Crippen molar-refractivity contribution >= 4 is 5.65 Å². The summed E-state index contributed by atoms with van der Waals surface area (Å²) in [7, 11) is 0. The minimum Gasteiger partial charge on any atom is -0.328 e. The Morgan fingerprint density at radius 1 is 1.00 bits per heavy atom. The first kappa shape index (κ1) is 14.4. The molecule has 1 aliphatic heterocycles. The van der Waals surface area contributed by atoms with Gasteiger partial charge < -0.3 is 10.1 Å². The number of pyridine rings is 1. The van der Waals surface area contributed by atoms with Gasteiger partial charge in [0.25, 0.3) is 0 Å². The second kappa shape index (κ2) is 6.14. The maximum Gasteiger partial charge on any atom is 0.136 e. The van der Waals surface area contributed by atoms with Gasteiger partial charge in [-0.05, 0) is 54.8 Å². The van der Waals surface area contributed by atoms with Gasteiger partial charge in [0.1, 0.15) is 5.65 Å². The maximum atomic E-state index is 5.97. The van der Waals surface area contributed by atoms with E-state index in [1.807, 2.05) is 12.4 Å². The third-order valence-corrected chi connectivity index (χ3v) is 4.71. The predicted octanol–water partition coefficient (Wildman–Crippen LogP) is 2.92. The molecule has 2 N–H and O–H groups in total. The largest absolute Gasteiger partial charge is 0.328 e. The van der Waals surface area contributed by atoms with Gasteiger partial charge in [0.05, 0.1) is 0 Å². The minimum absolute atomic E-state index is 0.395. The van der Waals surface area contributed by atoms with E-state index in [0.29, 0.717) is 6.04 Å². The van der Waals surface area contributed by atoms with Gasteiger partial charge in [0.2, 0.25) is 0 Å². The van der Waals surface area contributed by atoms with E-state index in [1.165, 1.54) is 16.7 Å². The van der Waals surface area contributed by atoms with Gasteiger partial charge in [0.15, 0.2) is 0 Å². The number of imidazole rings is 1. The van der Waals surface area contributed by atoms with Gasteiger partial charge in [0, 0.05) is 31.2 Å². The van der Waals surface area contributed by atoms with Gasteiger partial charge in [-0.15, -0.1) is 0 Å². The van der Waals surface area contributed by atoms with Gasteiger partial charge >= 0.3 is 0 Å². The standard InChI is InChI=1S/C19H22N4/c20-18-7-10-22(11-8-18)13-15-1-3-16(4-2-15)17-5-6-19-21-9-12-23(19)14-17/h1-6,9,12,14,18H,7-8,10-11,13,20H2. The van der Waals surface area contributed by atoms with Crippen LogP contribution in [0.25, 0.3) is 16.8 Å². The van der Waals surface area contributed by atoms with Gasteiger partial charge in [-0.2, -0.15) is 0 Å². The first-order valence-electron chi connectivity index (χ1n) is 8.28. The maximum absolute atomic E-state index is 5.97. The summed E-state index contributed by atoms with van der Waals surface area (Å²) in [4.78, 5) is 6.78. The Morgan fingerprint density at radius 2 is 1.74 bits per heavy atom. The number of nitrogens with two attached hydrogens (primary N) is 1. The molecule has 0 atom stereocenters. The van der Waals surface area contributed by atoms with Crippen LogP contribution in [0.4, 0.5) is 0 Å². The van der Waals surface area contributed by atoms with Crippen molar-refractivity contribution in [2.75, 3.05) is 13.1 Å². The van der Waals surface area contributed by atoms with E-state index in [1.54, 1.807) is 0 Å². The molecule has 0 bridgehead atoms. The first-order chi connectivity index (χ1) is 11.3. The van der Waals surface area contributed by atoms with Crippen LogP contribution in [0.5, 0.6) is 0 Å². The van der Waals surface area contributed by atoms with Crippen molar-refractivity contribution in [1.82, 2.24) is 14.3 Å². The Balaban J connectivity index is 1.49. The van der Waals surface area contributed by atoms with Gasteiger partial charge in [-0.3, -0.25) is 4.90 Å². The molecule has 4 heteroatoms. The van der Waals surface area contributed by atoms with Crippen molar-refractivity contribution in [3.63, 3.8) is 0 Å². The van der Waals surface area contributed by atoms with Crippen molar-refractivity contribution in [2.24, 2.45) is 5.73 Å². The number of benzene rings is 1. The van der Waals surface area contributed by atoms with Gasteiger partial charge in [-0.25, -0.2) is 4.98 Å². The van der Waals surface area contributed by atoms with Crippen LogP contribution in [0, 0.1) is 0 Å². The number of nitrogens with zero attached hydrogens (tertiary/aromatic N) is 3.